The van der Waals surface area contributed by atoms with Gasteiger partial charge in [-0.3, -0.25) is 4.79 Å². The van der Waals surface area contributed by atoms with Crippen molar-refractivity contribution in [3.05, 3.63) is 0 Å². The molecule has 0 fully saturated rings. The number of hydrogen-bond donors (Lipinski definition) is 2. The molecule has 1 unspecified atom stereocenters. The highest BCUT2D eigenvalue weighted by Crippen LogP contribution is 2.18. The second-order valence-electron chi connectivity index (χ2n) is 2.66. The van der Waals surface area contributed by atoms with E-state index in [-0.39, 0.29) is 5.92 Å². The molecule has 66 valence electrons. The van der Waals surface area contributed by atoms with E-state index in [1.165, 1.54) is 0 Å². The van der Waals surface area contributed by atoms with Gasteiger partial charge in [0.05, 0.1) is 0 Å². The highest BCUT2D eigenvalue weighted by Gasteiger charge is 2.24. The molecule has 11 heavy (non-hydrogen) atoms. The van der Waals surface area contributed by atoms with Gasteiger partial charge in [0.2, 0.25) is 0 Å². The Bertz CT molecular complexity index is 140. The maximum Gasteiger partial charge on any atom is 0.320 e. The summed E-state index contributed by atoms with van der Waals surface area (Å²) < 4.78 is 0. The molecule has 0 saturated heterocycles. The van der Waals surface area contributed by atoms with Crippen molar-refractivity contribution in [2.75, 3.05) is 6.26 Å². The van der Waals surface area contributed by atoms with Crippen LogP contribution in [0.1, 0.15) is 13.8 Å². The summed E-state index contributed by atoms with van der Waals surface area (Å²) in [6, 6.07) is -0.738. The van der Waals surface area contributed by atoms with Crippen LogP contribution in [0.5, 0.6) is 0 Å². The van der Waals surface area contributed by atoms with Crippen LogP contribution in [0.25, 0.3) is 0 Å². The van der Waals surface area contributed by atoms with Crippen molar-refractivity contribution < 1.29 is 9.90 Å². The average Bonchev–Trinajstić information content (AvgIpc) is 2.00. The Balaban J connectivity index is 4.00. The molecule has 0 rings (SSSR count). The lowest BCUT2D eigenvalue weighted by Gasteiger charge is -2.20. The molecule has 3 atom stereocenters. The summed E-state index contributed by atoms with van der Waals surface area (Å²) in [6.45, 7) is 3.85. The molecular formula is C7H15NO2S. The minimum atomic E-state index is -0.918. The first kappa shape index (κ1) is 10.8. The summed E-state index contributed by atoms with van der Waals surface area (Å²) in [5.41, 5.74) is 5.42. The molecule has 0 saturated carbocycles. The Hall–Kier alpha value is -0.220. The number of carboxylic acid groups (broad SMARTS) is 1. The molecule has 0 aliphatic heterocycles. The van der Waals surface area contributed by atoms with E-state index >= 15 is 0 Å². The highest BCUT2D eigenvalue weighted by atomic mass is 32.2. The maximum atomic E-state index is 10.4. The first-order chi connectivity index (χ1) is 5.00. The second-order valence-corrected chi connectivity index (χ2v) is 3.88. The quantitative estimate of drug-likeness (QED) is 0.666. The lowest BCUT2D eigenvalue weighted by Crippen LogP contribution is -2.40. The normalized spacial score (nSPS) is 18.9. The lowest BCUT2D eigenvalue weighted by atomic mass is 10.00. The fraction of sp³-hybridized carbons (Fsp3) is 0.857. The molecule has 0 aliphatic carbocycles. The predicted octanol–water partition coefficient (Wildman–Crippen LogP) is 0.786. The molecule has 0 heterocycles. The van der Waals surface area contributed by atoms with E-state index in [1.807, 2.05) is 20.1 Å². The summed E-state index contributed by atoms with van der Waals surface area (Å²) in [5.74, 6) is -0.902. The third-order valence-electron chi connectivity index (χ3n) is 1.96. The first-order valence-electron chi connectivity index (χ1n) is 3.52. The minimum Gasteiger partial charge on any atom is -0.480 e. The maximum absolute atomic E-state index is 10.4. The van der Waals surface area contributed by atoms with Gasteiger partial charge in [0, 0.05) is 5.25 Å². The Kier molecular flexibility index (Phi) is 4.52. The molecule has 0 spiro atoms. The van der Waals surface area contributed by atoms with Crippen LogP contribution in [-0.4, -0.2) is 28.6 Å². The molecule has 4 heteroatoms. The standard InChI is InChI=1S/C7H15NO2S/c1-4(5(2)11-3)6(8)7(9)10/h4-6H,8H2,1-3H3,(H,9,10)/t4?,5-,6-/m0/s1. The largest absolute Gasteiger partial charge is 0.480 e. The van der Waals surface area contributed by atoms with Crippen molar-refractivity contribution in [1.82, 2.24) is 0 Å². The van der Waals surface area contributed by atoms with Crippen LogP contribution in [0.2, 0.25) is 0 Å². The third kappa shape index (κ3) is 3.12. The Labute approximate surface area is 71.3 Å². The SMILES string of the molecule is CS[C@@H](C)C(C)[C@H](N)C(=O)O. The van der Waals surface area contributed by atoms with Crippen LogP contribution in [0.4, 0.5) is 0 Å². The second kappa shape index (κ2) is 4.62. The third-order valence-corrected chi connectivity index (χ3v) is 3.14. The number of aliphatic carboxylic acids is 1. The Morgan fingerprint density at radius 3 is 2.27 bits per heavy atom. The van der Waals surface area contributed by atoms with E-state index in [0.717, 1.165) is 0 Å². The van der Waals surface area contributed by atoms with Crippen LogP contribution in [0.3, 0.4) is 0 Å². The number of carbonyl (C=O) groups is 1. The van der Waals surface area contributed by atoms with E-state index in [0.29, 0.717) is 5.25 Å². The monoisotopic (exact) mass is 177 g/mol. The lowest BCUT2D eigenvalue weighted by molar-refractivity contribution is -0.139. The summed E-state index contributed by atoms with van der Waals surface area (Å²) in [5, 5.41) is 8.86. The van der Waals surface area contributed by atoms with E-state index in [9.17, 15) is 4.79 Å². The van der Waals surface area contributed by atoms with Crippen molar-refractivity contribution in [2.24, 2.45) is 11.7 Å². The molecule has 0 radical (unpaired) electrons. The Morgan fingerprint density at radius 2 is 2.00 bits per heavy atom. The van der Waals surface area contributed by atoms with Gasteiger partial charge in [-0.05, 0) is 12.2 Å². The van der Waals surface area contributed by atoms with Gasteiger partial charge >= 0.3 is 5.97 Å². The van der Waals surface area contributed by atoms with Crippen molar-refractivity contribution in [1.29, 1.82) is 0 Å². The van der Waals surface area contributed by atoms with E-state index in [1.54, 1.807) is 11.8 Å². The molecule has 3 N–H and O–H groups in total. The van der Waals surface area contributed by atoms with Gasteiger partial charge in [-0.15, -0.1) is 0 Å². The molecule has 0 bridgehead atoms. The van der Waals surface area contributed by atoms with Crippen molar-refractivity contribution in [3.8, 4) is 0 Å². The smallest absolute Gasteiger partial charge is 0.320 e. The van der Waals surface area contributed by atoms with E-state index in [4.69, 9.17) is 10.8 Å². The summed E-state index contributed by atoms with van der Waals surface area (Å²) in [4.78, 5) is 10.4. The van der Waals surface area contributed by atoms with Crippen molar-refractivity contribution >= 4 is 17.7 Å². The fourth-order valence-electron chi connectivity index (χ4n) is 0.732. The molecule has 0 amide bonds. The van der Waals surface area contributed by atoms with Gasteiger partial charge in [-0.1, -0.05) is 13.8 Å². The van der Waals surface area contributed by atoms with Gasteiger partial charge < -0.3 is 10.8 Å². The molecule has 0 aliphatic rings. The summed E-state index contributed by atoms with van der Waals surface area (Å²) >= 11 is 1.64. The average molecular weight is 177 g/mol. The number of carboxylic acids is 1. The van der Waals surface area contributed by atoms with Gasteiger partial charge in [-0.2, -0.15) is 11.8 Å². The van der Waals surface area contributed by atoms with Crippen LogP contribution in [-0.2, 0) is 4.79 Å². The van der Waals surface area contributed by atoms with Crippen LogP contribution < -0.4 is 5.73 Å². The van der Waals surface area contributed by atoms with Crippen molar-refractivity contribution in [3.63, 3.8) is 0 Å². The number of nitrogens with two attached hydrogens (primary N) is 1. The van der Waals surface area contributed by atoms with Crippen LogP contribution in [0.15, 0.2) is 0 Å². The fourth-order valence-corrected chi connectivity index (χ4v) is 1.33. The molecule has 3 nitrogen and oxygen atoms in total. The zero-order chi connectivity index (χ0) is 9.02. The van der Waals surface area contributed by atoms with E-state index < -0.39 is 12.0 Å². The van der Waals surface area contributed by atoms with Gasteiger partial charge in [0.15, 0.2) is 0 Å². The number of rotatable bonds is 4. The van der Waals surface area contributed by atoms with E-state index in [2.05, 4.69) is 0 Å². The molecule has 0 aromatic rings. The predicted molar refractivity (Wildman–Crippen MR) is 47.8 cm³/mol. The van der Waals surface area contributed by atoms with Gasteiger partial charge in [-0.25, -0.2) is 0 Å². The number of hydrogen-bond acceptors (Lipinski definition) is 3. The number of thioether (sulfide) groups is 1. The zero-order valence-corrected chi connectivity index (χ0v) is 7.89. The molecular weight excluding hydrogens is 162 g/mol. The highest BCUT2D eigenvalue weighted by molar-refractivity contribution is 7.99. The van der Waals surface area contributed by atoms with Crippen molar-refractivity contribution in [2.45, 2.75) is 25.1 Å². The van der Waals surface area contributed by atoms with Crippen LogP contribution in [0, 0.1) is 5.92 Å². The summed E-state index contributed by atoms with van der Waals surface area (Å²) in [7, 11) is 0. The van der Waals surface area contributed by atoms with Crippen LogP contribution >= 0.6 is 11.8 Å². The molecule has 0 aromatic heterocycles. The molecule has 0 aromatic carbocycles. The van der Waals surface area contributed by atoms with Gasteiger partial charge in [0.1, 0.15) is 6.04 Å². The zero-order valence-electron chi connectivity index (χ0n) is 7.07. The minimum absolute atomic E-state index is 0.0162. The first-order valence-corrected chi connectivity index (χ1v) is 4.80. The summed E-state index contributed by atoms with van der Waals surface area (Å²) in [6.07, 6.45) is 1.95. The van der Waals surface area contributed by atoms with Gasteiger partial charge in [0.25, 0.3) is 0 Å². The topological polar surface area (TPSA) is 63.3 Å². The Morgan fingerprint density at radius 1 is 1.55 bits per heavy atom.